The number of benzene rings is 2. The molecule has 0 fully saturated rings. The molecule has 6 heteroatoms. The molecule has 5 nitrogen and oxygen atoms in total. The van der Waals surface area contributed by atoms with E-state index in [0.717, 1.165) is 16.9 Å². The number of fused-ring (bicyclic) bond motifs is 1. The summed E-state index contributed by atoms with van der Waals surface area (Å²) < 4.78 is 1.71. The topological polar surface area (TPSA) is 63.6 Å². The smallest absolute Gasteiger partial charge is 0.271 e. The largest absolute Gasteiger partial charge is 0.304 e. The van der Waals surface area contributed by atoms with Crippen LogP contribution in [-0.2, 0) is 6.42 Å². The molecule has 0 amide bonds. The van der Waals surface area contributed by atoms with Crippen LogP contribution in [0.5, 0.6) is 0 Å². The van der Waals surface area contributed by atoms with Crippen LogP contribution in [0.15, 0.2) is 59.4 Å². The Morgan fingerprint density at radius 2 is 1.92 bits per heavy atom. The third-order valence-corrected chi connectivity index (χ3v) is 4.27. The van der Waals surface area contributed by atoms with Gasteiger partial charge >= 0.3 is 0 Å². The number of hydrogen-bond acceptors (Lipinski definition) is 3. The van der Waals surface area contributed by atoms with Crippen LogP contribution < -0.4 is 5.56 Å². The maximum atomic E-state index is 12.5. The van der Waals surface area contributed by atoms with E-state index in [0.29, 0.717) is 28.3 Å². The van der Waals surface area contributed by atoms with Gasteiger partial charge in [-0.3, -0.25) is 4.79 Å². The number of aromatic nitrogens is 4. The lowest BCUT2D eigenvalue weighted by Crippen LogP contribution is -2.16. The summed E-state index contributed by atoms with van der Waals surface area (Å²) in [6, 6.07) is 17.1. The van der Waals surface area contributed by atoms with Crippen molar-refractivity contribution in [1.29, 1.82) is 0 Å². The molecule has 1 N–H and O–H groups in total. The van der Waals surface area contributed by atoms with E-state index in [9.17, 15) is 4.79 Å². The van der Waals surface area contributed by atoms with E-state index in [-0.39, 0.29) is 5.56 Å². The lowest BCUT2D eigenvalue weighted by molar-refractivity contribution is 0.874. The van der Waals surface area contributed by atoms with Crippen molar-refractivity contribution >= 4 is 22.8 Å². The predicted molar refractivity (Wildman–Crippen MR) is 98.5 cm³/mol. The second-order valence-corrected chi connectivity index (χ2v) is 6.29. The van der Waals surface area contributed by atoms with Crippen LogP contribution in [0, 0.1) is 6.92 Å². The number of aryl methyl sites for hydroxylation is 1. The van der Waals surface area contributed by atoms with Crippen LogP contribution in [0.3, 0.4) is 0 Å². The van der Waals surface area contributed by atoms with Crippen LogP contribution in [0.4, 0.5) is 0 Å². The highest BCUT2D eigenvalue weighted by molar-refractivity contribution is 6.30. The second kappa shape index (κ2) is 6.18. The lowest BCUT2D eigenvalue weighted by atomic mass is 10.1. The van der Waals surface area contributed by atoms with Crippen LogP contribution in [0.1, 0.15) is 17.0 Å². The van der Waals surface area contributed by atoms with Crippen LogP contribution in [0.2, 0.25) is 5.02 Å². The summed E-state index contributed by atoms with van der Waals surface area (Å²) in [4.78, 5) is 20.0. The van der Waals surface area contributed by atoms with E-state index in [4.69, 9.17) is 11.6 Å². The van der Waals surface area contributed by atoms with E-state index in [2.05, 4.69) is 15.1 Å². The number of H-pyrrole nitrogens is 1. The monoisotopic (exact) mass is 350 g/mol. The van der Waals surface area contributed by atoms with E-state index < -0.39 is 0 Å². The zero-order valence-corrected chi connectivity index (χ0v) is 14.3. The Bertz CT molecular complexity index is 1120. The van der Waals surface area contributed by atoms with Gasteiger partial charge < -0.3 is 4.98 Å². The fourth-order valence-corrected chi connectivity index (χ4v) is 3.06. The first-order valence-corrected chi connectivity index (χ1v) is 8.28. The number of aromatic amines is 1. The number of rotatable bonds is 3. The molecule has 2 heterocycles. The van der Waals surface area contributed by atoms with Gasteiger partial charge in [0.05, 0.1) is 11.4 Å². The molecule has 25 heavy (non-hydrogen) atoms. The highest BCUT2D eigenvalue weighted by Crippen LogP contribution is 2.18. The van der Waals surface area contributed by atoms with Crippen molar-refractivity contribution < 1.29 is 0 Å². The van der Waals surface area contributed by atoms with Crippen molar-refractivity contribution in [2.24, 2.45) is 0 Å². The maximum absolute atomic E-state index is 12.5. The Hall–Kier alpha value is -2.92. The SMILES string of the molecule is Cc1nn(-c2ccccc2)c2[nH]c(=O)c(Cc3cccc(Cl)c3)nc12. The molecule has 124 valence electrons. The number of halogens is 1. The van der Waals surface area contributed by atoms with Gasteiger partial charge in [0.1, 0.15) is 11.2 Å². The van der Waals surface area contributed by atoms with Crippen molar-refractivity contribution in [3.8, 4) is 5.69 Å². The number of nitrogens with one attached hydrogen (secondary N) is 1. The maximum Gasteiger partial charge on any atom is 0.271 e. The minimum atomic E-state index is -0.218. The summed E-state index contributed by atoms with van der Waals surface area (Å²) >= 11 is 6.02. The number of para-hydroxylation sites is 1. The summed E-state index contributed by atoms with van der Waals surface area (Å²) in [5, 5.41) is 5.17. The highest BCUT2D eigenvalue weighted by atomic mass is 35.5. The summed E-state index contributed by atoms with van der Waals surface area (Å²) in [5.41, 5.74) is 4.11. The minimum Gasteiger partial charge on any atom is -0.304 e. The van der Waals surface area contributed by atoms with E-state index >= 15 is 0 Å². The summed E-state index contributed by atoms with van der Waals surface area (Å²) in [5.74, 6) is 0. The fourth-order valence-electron chi connectivity index (χ4n) is 2.85. The number of hydrogen-bond donors (Lipinski definition) is 1. The first-order chi connectivity index (χ1) is 12.1. The summed E-state index contributed by atoms with van der Waals surface area (Å²) in [7, 11) is 0. The molecule has 0 unspecified atom stereocenters. The van der Waals surface area contributed by atoms with Crippen LogP contribution >= 0.6 is 11.6 Å². The Labute approximate surface area is 148 Å². The van der Waals surface area contributed by atoms with Gasteiger partial charge in [-0.25, -0.2) is 9.67 Å². The summed E-state index contributed by atoms with van der Waals surface area (Å²) in [6.45, 7) is 1.89. The van der Waals surface area contributed by atoms with Gasteiger partial charge in [0.25, 0.3) is 5.56 Å². The first kappa shape index (κ1) is 15.6. The molecular formula is C19H15ClN4O. The van der Waals surface area contributed by atoms with Crippen LogP contribution in [0.25, 0.3) is 16.9 Å². The van der Waals surface area contributed by atoms with Crippen molar-refractivity contribution in [1.82, 2.24) is 19.7 Å². The molecule has 2 aromatic carbocycles. The van der Waals surface area contributed by atoms with E-state index in [1.807, 2.05) is 55.5 Å². The standard InChI is InChI=1S/C19H15ClN4O/c1-12-17-18(24(23-12)15-8-3-2-4-9-15)22-19(25)16(21-17)11-13-6-5-7-14(20)10-13/h2-10H,11H2,1H3,(H,22,25). The molecule has 0 bridgehead atoms. The molecule has 0 atom stereocenters. The fraction of sp³-hybridized carbons (Fsp3) is 0.105. The van der Waals surface area contributed by atoms with Crippen molar-refractivity contribution in [2.75, 3.05) is 0 Å². The molecule has 4 rings (SSSR count). The minimum absolute atomic E-state index is 0.218. The van der Waals surface area contributed by atoms with Gasteiger partial charge in [-0.15, -0.1) is 0 Å². The van der Waals surface area contributed by atoms with Crippen molar-refractivity contribution in [2.45, 2.75) is 13.3 Å². The molecule has 0 aliphatic rings. The van der Waals surface area contributed by atoms with Crippen LogP contribution in [-0.4, -0.2) is 19.7 Å². The van der Waals surface area contributed by atoms with Gasteiger partial charge in [0.15, 0.2) is 5.65 Å². The lowest BCUT2D eigenvalue weighted by Gasteiger charge is -2.04. The van der Waals surface area contributed by atoms with Gasteiger partial charge in [0.2, 0.25) is 0 Å². The predicted octanol–water partition coefficient (Wildman–Crippen LogP) is 3.66. The van der Waals surface area contributed by atoms with Crippen molar-refractivity contribution in [3.63, 3.8) is 0 Å². The Morgan fingerprint density at radius 1 is 1.12 bits per heavy atom. The molecule has 0 aliphatic heterocycles. The molecule has 0 radical (unpaired) electrons. The molecule has 0 saturated carbocycles. The molecule has 0 saturated heterocycles. The average molecular weight is 351 g/mol. The molecule has 4 aromatic rings. The quantitative estimate of drug-likeness (QED) is 0.613. The molecular weight excluding hydrogens is 336 g/mol. The summed E-state index contributed by atoms with van der Waals surface area (Å²) in [6.07, 6.45) is 0.418. The van der Waals surface area contributed by atoms with Crippen molar-refractivity contribution in [3.05, 3.63) is 86.9 Å². The van der Waals surface area contributed by atoms with E-state index in [1.165, 1.54) is 0 Å². The zero-order chi connectivity index (χ0) is 17.4. The third-order valence-electron chi connectivity index (χ3n) is 4.03. The van der Waals surface area contributed by atoms with Gasteiger partial charge in [-0.2, -0.15) is 5.10 Å². The average Bonchev–Trinajstić information content (AvgIpc) is 2.92. The zero-order valence-electron chi connectivity index (χ0n) is 13.5. The van der Waals surface area contributed by atoms with Gasteiger partial charge in [0, 0.05) is 11.4 Å². The molecule has 0 aliphatic carbocycles. The van der Waals surface area contributed by atoms with Gasteiger partial charge in [-0.05, 0) is 36.8 Å². The first-order valence-electron chi connectivity index (χ1n) is 7.90. The second-order valence-electron chi connectivity index (χ2n) is 5.85. The van der Waals surface area contributed by atoms with E-state index in [1.54, 1.807) is 10.7 Å². The number of nitrogens with zero attached hydrogens (tertiary/aromatic N) is 3. The molecule has 2 aromatic heterocycles. The highest BCUT2D eigenvalue weighted by Gasteiger charge is 2.14. The Balaban J connectivity index is 1.83. The normalized spacial score (nSPS) is 11.1. The molecule has 0 spiro atoms. The van der Waals surface area contributed by atoms with Gasteiger partial charge in [-0.1, -0.05) is 41.9 Å². The third kappa shape index (κ3) is 2.94. The Kier molecular flexibility index (Phi) is 3.86. The Morgan fingerprint density at radius 3 is 2.68 bits per heavy atom.